The van der Waals surface area contributed by atoms with Gasteiger partial charge in [-0.15, -0.1) is 0 Å². The zero-order chi connectivity index (χ0) is 30.2. The Morgan fingerprint density at radius 3 is 2.64 bits per heavy atom. The smallest absolute Gasteiger partial charge is 0.251 e. The molecular weight excluding hydrogens is 524 g/mol. The van der Waals surface area contributed by atoms with Crippen LogP contribution in [-0.2, 0) is 9.53 Å². The number of H-pyrrole nitrogens is 1. The fourth-order valence-electron chi connectivity index (χ4n) is 5.75. The molecule has 2 saturated heterocycles. The number of likely N-dealkylation sites (tertiary alicyclic amines) is 1. The van der Waals surface area contributed by atoms with Crippen LogP contribution >= 0.6 is 0 Å². The molecule has 3 aliphatic rings. The number of amides is 1. The average Bonchev–Trinajstić information content (AvgIpc) is 3.59. The highest BCUT2D eigenvalue weighted by Crippen LogP contribution is 2.33. The molecule has 4 N–H and O–H groups in total. The Morgan fingerprint density at radius 2 is 2.02 bits per heavy atom. The Balaban J connectivity index is 1.46. The first-order valence-corrected chi connectivity index (χ1v) is 14.8. The molecule has 1 amide bonds. The Hall–Kier alpha value is -3.88. The topological polar surface area (TPSA) is 96.5 Å². The van der Waals surface area contributed by atoms with Crippen molar-refractivity contribution in [1.29, 1.82) is 5.41 Å². The zero-order valence-corrected chi connectivity index (χ0v) is 25.6. The molecule has 2 atom stereocenters. The molecule has 1 aromatic heterocycles. The molecule has 0 radical (unpaired) electrons. The van der Waals surface area contributed by atoms with Crippen molar-refractivity contribution in [2.75, 3.05) is 40.3 Å². The molecule has 0 spiro atoms. The minimum Gasteiger partial charge on any atom is -0.383 e. The van der Waals surface area contributed by atoms with E-state index < -0.39 is 0 Å². The van der Waals surface area contributed by atoms with Crippen LogP contribution in [0.15, 0.2) is 84.0 Å². The highest BCUT2D eigenvalue weighted by atomic mass is 16.5. The standard InChI is InChI=1S/C34H46N6O2/c1-7-24(34(41)36-14-15-40-21-27-12-13-28(22-40)42-27)16-32(23(3)4)38-31-11-9-10-29(30(31)18-35)33-17-26(19-37-33)25(8-2)20-39(5)6/h7-8,11,16-20,27-28,35,37-38H,2-3,9-10,12-15,21-22H2,1,4-6H3,(H,36,41)/b24-7?,25-20+,32-16+,35-18?. The van der Waals surface area contributed by atoms with Crippen LogP contribution in [0.1, 0.15) is 50.8 Å². The number of aromatic nitrogens is 1. The first-order valence-electron chi connectivity index (χ1n) is 14.8. The molecule has 8 nitrogen and oxygen atoms in total. The van der Waals surface area contributed by atoms with Gasteiger partial charge in [-0.1, -0.05) is 31.4 Å². The van der Waals surface area contributed by atoms with Crippen molar-refractivity contribution >= 4 is 23.3 Å². The molecule has 4 rings (SSSR count). The van der Waals surface area contributed by atoms with Crippen LogP contribution in [0, 0.1) is 5.41 Å². The molecule has 8 heteroatoms. The largest absolute Gasteiger partial charge is 0.383 e. The maximum Gasteiger partial charge on any atom is 0.251 e. The molecule has 0 saturated carbocycles. The summed E-state index contributed by atoms with van der Waals surface area (Å²) in [7, 11) is 3.97. The van der Waals surface area contributed by atoms with E-state index in [0.29, 0.717) is 24.3 Å². The van der Waals surface area contributed by atoms with E-state index in [9.17, 15) is 4.79 Å². The van der Waals surface area contributed by atoms with E-state index in [1.165, 1.54) is 6.21 Å². The van der Waals surface area contributed by atoms with Gasteiger partial charge in [-0.05, 0) is 68.4 Å². The first kappa shape index (κ1) is 31.1. The molecule has 2 unspecified atom stereocenters. The number of ether oxygens (including phenoxy) is 1. The predicted molar refractivity (Wildman–Crippen MR) is 173 cm³/mol. The fourth-order valence-corrected chi connectivity index (χ4v) is 5.75. The lowest BCUT2D eigenvalue weighted by molar-refractivity contribution is -0.117. The molecule has 2 aliphatic heterocycles. The van der Waals surface area contributed by atoms with E-state index >= 15 is 0 Å². The van der Waals surface area contributed by atoms with Gasteiger partial charge in [-0.25, -0.2) is 0 Å². The van der Waals surface area contributed by atoms with E-state index in [1.54, 1.807) is 0 Å². The fraction of sp³-hybridized carbons (Fsp3) is 0.412. The zero-order valence-electron chi connectivity index (χ0n) is 25.6. The number of nitrogens with one attached hydrogen (secondary N) is 4. The number of aromatic amines is 1. The Bertz CT molecular complexity index is 1340. The van der Waals surface area contributed by atoms with Gasteiger partial charge in [0.15, 0.2) is 0 Å². The normalized spacial score (nSPS) is 21.6. The number of carbonyl (C=O) groups excluding carboxylic acids is 1. The summed E-state index contributed by atoms with van der Waals surface area (Å²) in [5.74, 6) is -0.113. The Labute approximate surface area is 250 Å². The van der Waals surface area contributed by atoms with Crippen molar-refractivity contribution in [3.05, 3.63) is 95.3 Å². The molecule has 2 bridgehead atoms. The minimum atomic E-state index is -0.113. The average molecular weight is 571 g/mol. The minimum absolute atomic E-state index is 0.113. The molecule has 224 valence electrons. The third-order valence-corrected chi connectivity index (χ3v) is 7.90. The van der Waals surface area contributed by atoms with Crippen LogP contribution < -0.4 is 10.6 Å². The molecular formula is C34H46N6O2. The van der Waals surface area contributed by atoms with Gasteiger partial charge in [0.05, 0.1) is 12.2 Å². The molecule has 2 fully saturated rings. The van der Waals surface area contributed by atoms with Crippen molar-refractivity contribution in [1.82, 2.24) is 25.4 Å². The molecule has 1 aliphatic carbocycles. The van der Waals surface area contributed by atoms with Crippen LogP contribution in [0.4, 0.5) is 0 Å². The van der Waals surface area contributed by atoms with Gasteiger partial charge in [0.25, 0.3) is 5.91 Å². The van der Waals surface area contributed by atoms with Crippen LogP contribution in [0.5, 0.6) is 0 Å². The molecule has 0 aromatic carbocycles. The Kier molecular flexibility index (Phi) is 10.6. The van der Waals surface area contributed by atoms with E-state index in [0.717, 1.165) is 90.3 Å². The van der Waals surface area contributed by atoms with Gasteiger partial charge < -0.3 is 30.7 Å². The van der Waals surface area contributed by atoms with Gasteiger partial charge in [0.1, 0.15) is 0 Å². The van der Waals surface area contributed by atoms with Gasteiger partial charge in [0, 0.05) is 92.7 Å². The lowest BCUT2D eigenvalue weighted by Gasteiger charge is -2.32. The highest BCUT2D eigenvalue weighted by molar-refractivity contribution is 5.97. The highest BCUT2D eigenvalue weighted by Gasteiger charge is 2.33. The number of nitrogens with zero attached hydrogens (tertiary/aromatic N) is 2. The number of morpholine rings is 1. The van der Waals surface area contributed by atoms with Gasteiger partial charge in [0.2, 0.25) is 0 Å². The summed E-state index contributed by atoms with van der Waals surface area (Å²) in [6.07, 6.45) is 17.6. The van der Waals surface area contributed by atoms with Crippen molar-refractivity contribution in [3.8, 4) is 0 Å². The van der Waals surface area contributed by atoms with Gasteiger partial charge in [-0.2, -0.15) is 0 Å². The second-order valence-corrected chi connectivity index (χ2v) is 11.4. The third-order valence-electron chi connectivity index (χ3n) is 7.90. The summed E-state index contributed by atoms with van der Waals surface area (Å²) in [6.45, 7) is 15.2. The van der Waals surface area contributed by atoms with E-state index in [4.69, 9.17) is 10.1 Å². The van der Waals surface area contributed by atoms with E-state index in [-0.39, 0.29) is 5.91 Å². The van der Waals surface area contributed by atoms with E-state index in [2.05, 4.69) is 45.8 Å². The lowest BCUT2D eigenvalue weighted by Crippen LogP contribution is -2.45. The third kappa shape index (κ3) is 7.69. The van der Waals surface area contributed by atoms with Crippen LogP contribution in [0.3, 0.4) is 0 Å². The number of allylic oxidation sites excluding steroid dienone is 7. The quantitative estimate of drug-likeness (QED) is 0.149. The second-order valence-electron chi connectivity index (χ2n) is 11.4. The molecule has 42 heavy (non-hydrogen) atoms. The molecule has 3 heterocycles. The van der Waals surface area contributed by atoms with Crippen molar-refractivity contribution in [2.45, 2.75) is 51.7 Å². The van der Waals surface area contributed by atoms with Crippen molar-refractivity contribution in [3.63, 3.8) is 0 Å². The number of hydrogen-bond donors (Lipinski definition) is 4. The van der Waals surface area contributed by atoms with E-state index in [1.807, 2.05) is 63.5 Å². The summed E-state index contributed by atoms with van der Waals surface area (Å²) in [4.78, 5) is 20.9. The van der Waals surface area contributed by atoms with Crippen molar-refractivity contribution < 1.29 is 9.53 Å². The lowest BCUT2D eigenvalue weighted by atomic mass is 9.92. The summed E-state index contributed by atoms with van der Waals surface area (Å²) < 4.78 is 5.92. The Morgan fingerprint density at radius 1 is 1.29 bits per heavy atom. The second kappa shape index (κ2) is 14.3. The summed E-state index contributed by atoms with van der Waals surface area (Å²) in [5, 5.41) is 14.8. The molecule has 1 aromatic rings. The number of fused-ring (bicyclic) bond motifs is 2. The van der Waals surface area contributed by atoms with Crippen LogP contribution in [-0.4, -0.2) is 79.4 Å². The summed E-state index contributed by atoms with van der Waals surface area (Å²) in [6, 6.07) is 2.11. The number of hydrogen-bond acceptors (Lipinski definition) is 6. The first-order chi connectivity index (χ1) is 20.2. The van der Waals surface area contributed by atoms with Crippen LogP contribution in [0.2, 0.25) is 0 Å². The predicted octanol–water partition coefficient (Wildman–Crippen LogP) is 5.16. The van der Waals surface area contributed by atoms with Gasteiger partial charge >= 0.3 is 0 Å². The number of carbonyl (C=O) groups is 1. The van der Waals surface area contributed by atoms with Crippen molar-refractivity contribution in [2.24, 2.45) is 0 Å². The monoisotopic (exact) mass is 570 g/mol. The van der Waals surface area contributed by atoms with Gasteiger partial charge in [-0.3, -0.25) is 9.69 Å². The SMILES string of the molecule is C=C/C(=C\N(C)C)c1c[nH]c(C2=C(C=N)C(N/C(=C/C(=CC)C(=O)NCCN3CC4CCC(C3)O4)C(=C)C)=CCC2)c1. The van der Waals surface area contributed by atoms with Crippen LogP contribution in [0.25, 0.3) is 11.1 Å². The summed E-state index contributed by atoms with van der Waals surface area (Å²) >= 11 is 0. The number of rotatable bonds is 13. The summed E-state index contributed by atoms with van der Waals surface area (Å²) in [5.41, 5.74) is 7.86. The maximum absolute atomic E-state index is 13.1. The maximum atomic E-state index is 13.1.